The first-order valence-electron chi connectivity index (χ1n) is 9.58. The van der Waals surface area contributed by atoms with Gasteiger partial charge in [-0.1, -0.05) is 30.7 Å². The van der Waals surface area contributed by atoms with Crippen molar-refractivity contribution in [2.75, 3.05) is 38.0 Å². The molecule has 2 fully saturated rings. The molecule has 1 aromatic carbocycles. The van der Waals surface area contributed by atoms with E-state index in [0.29, 0.717) is 29.1 Å². The molecule has 2 aliphatic heterocycles. The highest BCUT2D eigenvalue weighted by Crippen LogP contribution is 2.24. The first-order chi connectivity index (χ1) is 12.5. The SMILES string of the molecule is CC1CCCN(C(=O)C2CCN(CC(=O)Nc3ccccc3Cl)CC2)C1. The maximum atomic E-state index is 12.7. The Morgan fingerprint density at radius 2 is 1.88 bits per heavy atom. The van der Waals surface area contributed by atoms with Crippen LogP contribution in [0.4, 0.5) is 5.69 Å². The van der Waals surface area contributed by atoms with Gasteiger partial charge in [0, 0.05) is 19.0 Å². The first kappa shape index (κ1) is 19.2. The summed E-state index contributed by atoms with van der Waals surface area (Å²) < 4.78 is 0. The van der Waals surface area contributed by atoms with Crippen LogP contribution in [0.3, 0.4) is 0 Å². The van der Waals surface area contributed by atoms with Crippen molar-refractivity contribution in [2.45, 2.75) is 32.6 Å². The number of anilines is 1. The van der Waals surface area contributed by atoms with Gasteiger partial charge in [-0.05, 0) is 56.8 Å². The predicted molar refractivity (Wildman–Crippen MR) is 104 cm³/mol. The van der Waals surface area contributed by atoms with E-state index in [1.165, 1.54) is 6.42 Å². The Kier molecular flexibility index (Phi) is 6.54. The normalized spacial score (nSPS) is 22.2. The summed E-state index contributed by atoms with van der Waals surface area (Å²) in [5.74, 6) is 0.980. The maximum Gasteiger partial charge on any atom is 0.238 e. The number of nitrogens with one attached hydrogen (secondary N) is 1. The number of benzene rings is 1. The van der Waals surface area contributed by atoms with E-state index in [2.05, 4.69) is 22.0 Å². The second kappa shape index (κ2) is 8.87. The Labute approximate surface area is 160 Å². The van der Waals surface area contributed by atoms with Gasteiger partial charge in [-0.2, -0.15) is 0 Å². The molecule has 142 valence electrons. The largest absolute Gasteiger partial charge is 0.342 e. The fraction of sp³-hybridized carbons (Fsp3) is 0.600. The minimum Gasteiger partial charge on any atom is -0.342 e. The van der Waals surface area contributed by atoms with Crippen LogP contribution in [0.25, 0.3) is 0 Å². The van der Waals surface area contributed by atoms with E-state index in [4.69, 9.17) is 11.6 Å². The Bertz CT molecular complexity index is 644. The zero-order valence-corrected chi connectivity index (χ0v) is 16.2. The van der Waals surface area contributed by atoms with Crippen molar-refractivity contribution < 1.29 is 9.59 Å². The Morgan fingerprint density at radius 3 is 2.58 bits per heavy atom. The standard InChI is InChI=1S/C20H28ClN3O2/c1-15-5-4-10-24(13-15)20(26)16-8-11-23(12-9-16)14-19(25)22-18-7-3-2-6-17(18)21/h2-3,6-7,15-16H,4-5,8-14H2,1H3,(H,22,25). The number of nitrogens with zero attached hydrogens (tertiary/aromatic N) is 2. The van der Waals surface area contributed by atoms with Crippen molar-refractivity contribution in [3.8, 4) is 0 Å². The lowest BCUT2D eigenvalue weighted by Crippen LogP contribution is -2.47. The number of carbonyl (C=O) groups excluding carboxylic acids is 2. The van der Waals surface area contributed by atoms with Gasteiger partial charge in [-0.15, -0.1) is 0 Å². The van der Waals surface area contributed by atoms with Gasteiger partial charge in [0.05, 0.1) is 17.3 Å². The molecule has 1 N–H and O–H groups in total. The van der Waals surface area contributed by atoms with Crippen molar-refractivity contribution in [3.63, 3.8) is 0 Å². The highest BCUT2D eigenvalue weighted by atomic mass is 35.5. The van der Waals surface area contributed by atoms with Gasteiger partial charge in [0.2, 0.25) is 11.8 Å². The molecule has 0 bridgehead atoms. The van der Waals surface area contributed by atoms with E-state index < -0.39 is 0 Å². The van der Waals surface area contributed by atoms with Gasteiger partial charge in [-0.3, -0.25) is 14.5 Å². The molecule has 26 heavy (non-hydrogen) atoms. The number of piperidine rings is 2. The van der Waals surface area contributed by atoms with E-state index in [1.54, 1.807) is 12.1 Å². The molecule has 2 heterocycles. The molecule has 0 spiro atoms. The molecule has 2 amide bonds. The number of likely N-dealkylation sites (tertiary alicyclic amines) is 2. The second-order valence-corrected chi connectivity index (χ2v) is 8.02. The van der Waals surface area contributed by atoms with Crippen molar-refractivity contribution in [3.05, 3.63) is 29.3 Å². The fourth-order valence-electron chi connectivity index (χ4n) is 3.94. The van der Waals surface area contributed by atoms with Crippen molar-refractivity contribution >= 4 is 29.1 Å². The Morgan fingerprint density at radius 1 is 1.15 bits per heavy atom. The summed E-state index contributed by atoms with van der Waals surface area (Å²) in [6.07, 6.45) is 4.02. The van der Waals surface area contributed by atoms with Crippen LogP contribution in [-0.2, 0) is 9.59 Å². The molecule has 6 heteroatoms. The molecule has 1 unspecified atom stereocenters. The molecule has 2 saturated heterocycles. The lowest BCUT2D eigenvalue weighted by molar-refractivity contribution is -0.138. The van der Waals surface area contributed by atoms with Gasteiger partial charge in [-0.25, -0.2) is 0 Å². The smallest absolute Gasteiger partial charge is 0.238 e. The van der Waals surface area contributed by atoms with E-state index >= 15 is 0 Å². The van der Waals surface area contributed by atoms with Gasteiger partial charge >= 0.3 is 0 Å². The third-order valence-corrected chi connectivity index (χ3v) is 5.75. The molecule has 5 nitrogen and oxygen atoms in total. The number of rotatable bonds is 4. The van der Waals surface area contributed by atoms with Crippen molar-refractivity contribution in [1.82, 2.24) is 9.80 Å². The summed E-state index contributed by atoms with van der Waals surface area (Å²) >= 11 is 6.08. The van der Waals surface area contributed by atoms with Crippen LogP contribution < -0.4 is 5.32 Å². The summed E-state index contributed by atoms with van der Waals surface area (Å²) in [4.78, 5) is 29.1. The topological polar surface area (TPSA) is 52.7 Å². The molecular weight excluding hydrogens is 350 g/mol. The van der Waals surface area contributed by atoms with Crippen LogP contribution in [0.2, 0.25) is 5.02 Å². The highest BCUT2D eigenvalue weighted by molar-refractivity contribution is 6.33. The molecular formula is C20H28ClN3O2. The van der Waals surface area contributed by atoms with Crippen LogP contribution in [0.5, 0.6) is 0 Å². The van der Waals surface area contributed by atoms with Crippen molar-refractivity contribution in [2.24, 2.45) is 11.8 Å². The van der Waals surface area contributed by atoms with Gasteiger partial charge in [0.25, 0.3) is 0 Å². The quantitative estimate of drug-likeness (QED) is 0.876. The molecule has 0 aliphatic carbocycles. The van der Waals surface area contributed by atoms with E-state index in [0.717, 1.165) is 45.4 Å². The van der Waals surface area contributed by atoms with Gasteiger partial charge < -0.3 is 10.2 Å². The number of para-hydroxylation sites is 1. The van der Waals surface area contributed by atoms with E-state index in [-0.39, 0.29) is 11.8 Å². The zero-order valence-electron chi connectivity index (χ0n) is 15.4. The molecule has 1 atom stereocenters. The van der Waals surface area contributed by atoms with E-state index in [9.17, 15) is 9.59 Å². The highest BCUT2D eigenvalue weighted by Gasteiger charge is 2.30. The predicted octanol–water partition coefficient (Wildman–Crippen LogP) is 3.25. The van der Waals surface area contributed by atoms with Crippen molar-refractivity contribution in [1.29, 1.82) is 0 Å². The van der Waals surface area contributed by atoms with Crippen LogP contribution in [0, 0.1) is 11.8 Å². The number of hydrogen-bond acceptors (Lipinski definition) is 3. The molecule has 0 radical (unpaired) electrons. The lowest BCUT2D eigenvalue weighted by atomic mass is 9.93. The maximum absolute atomic E-state index is 12.7. The molecule has 0 aromatic heterocycles. The fourth-order valence-corrected chi connectivity index (χ4v) is 4.12. The van der Waals surface area contributed by atoms with Crippen LogP contribution in [0.1, 0.15) is 32.6 Å². The summed E-state index contributed by atoms with van der Waals surface area (Å²) in [5.41, 5.74) is 0.642. The summed E-state index contributed by atoms with van der Waals surface area (Å²) in [6, 6.07) is 7.24. The molecule has 3 rings (SSSR count). The lowest BCUT2D eigenvalue weighted by Gasteiger charge is -2.37. The number of amides is 2. The average molecular weight is 378 g/mol. The monoisotopic (exact) mass is 377 g/mol. The summed E-state index contributed by atoms with van der Waals surface area (Å²) in [5, 5.41) is 3.40. The molecule has 2 aliphatic rings. The minimum atomic E-state index is -0.0623. The average Bonchev–Trinajstić information content (AvgIpc) is 2.64. The number of halogens is 1. The number of hydrogen-bond donors (Lipinski definition) is 1. The van der Waals surface area contributed by atoms with Gasteiger partial charge in [0.1, 0.15) is 0 Å². The minimum absolute atomic E-state index is 0.0623. The third-order valence-electron chi connectivity index (χ3n) is 5.42. The van der Waals surface area contributed by atoms with Gasteiger partial charge in [0.15, 0.2) is 0 Å². The second-order valence-electron chi connectivity index (χ2n) is 7.61. The van der Waals surface area contributed by atoms with Crippen LogP contribution >= 0.6 is 11.6 Å². The van der Waals surface area contributed by atoms with Crippen LogP contribution in [0.15, 0.2) is 24.3 Å². The van der Waals surface area contributed by atoms with E-state index in [1.807, 2.05) is 12.1 Å². The molecule has 1 aromatic rings. The first-order valence-corrected chi connectivity index (χ1v) is 9.96. The zero-order chi connectivity index (χ0) is 18.5. The summed E-state index contributed by atoms with van der Waals surface area (Å²) in [6.45, 7) is 5.95. The Balaban J connectivity index is 1.44. The summed E-state index contributed by atoms with van der Waals surface area (Å²) in [7, 11) is 0. The third kappa shape index (κ3) is 4.98. The molecule has 0 saturated carbocycles. The Hall–Kier alpha value is -1.59. The number of carbonyl (C=O) groups is 2. The van der Waals surface area contributed by atoms with Crippen LogP contribution in [-0.4, -0.2) is 54.3 Å².